The summed E-state index contributed by atoms with van der Waals surface area (Å²) in [6.45, 7) is 3.95. The third-order valence-corrected chi connectivity index (χ3v) is 2.63. The minimum Gasteiger partial charge on any atom is -0.481 e. The monoisotopic (exact) mass is 253 g/mol. The maximum atomic E-state index is 12.0. The van der Waals surface area contributed by atoms with Gasteiger partial charge < -0.3 is 15.0 Å². The molecule has 100 valence electrons. The third kappa shape index (κ3) is 4.57. The minimum atomic E-state index is -0.888. The van der Waals surface area contributed by atoms with Gasteiger partial charge in [0.25, 0.3) is 0 Å². The topological polar surface area (TPSA) is 86.3 Å². The summed E-state index contributed by atoms with van der Waals surface area (Å²) < 4.78 is 0. The smallest absolute Gasteiger partial charge is 0.303 e. The van der Waals surface area contributed by atoms with E-state index in [4.69, 9.17) is 5.11 Å². The summed E-state index contributed by atoms with van der Waals surface area (Å²) in [6.07, 6.45) is 3.51. The molecular weight excluding hydrogens is 234 g/mol. The van der Waals surface area contributed by atoms with Gasteiger partial charge >= 0.3 is 5.97 Å². The van der Waals surface area contributed by atoms with Crippen molar-refractivity contribution < 1.29 is 14.7 Å². The van der Waals surface area contributed by atoms with E-state index in [0.29, 0.717) is 12.4 Å². The van der Waals surface area contributed by atoms with E-state index in [1.54, 1.807) is 38.2 Å². The predicted octanol–water partition coefficient (Wildman–Crippen LogP) is 1.26. The molecule has 1 amide bonds. The van der Waals surface area contributed by atoms with Gasteiger partial charge in [-0.3, -0.25) is 9.59 Å². The fourth-order valence-corrected chi connectivity index (χ4v) is 1.71. The van der Waals surface area contributed by atoms with Crippen LogP contribution in [0, 0.1) is 5.41 Å². The number of aromatic amines is 1. The van der Waals surface area contributed by atoms with Crippen molar-refractivity contribution >= 4 is 11.9 Å². The predicted molar refractivity (Wildman–Crippen MR) is 65.7 cm³/mol. The number of carboxylic acids is 1. The lowest BCUT2D eigenvalue weighted by Gasteiger charge is -2.25. The number of amides is 1. The Labute approximate surface area is 106 Å². The number of aliphatic carboxylic acids is 1. The quantitative estimate of drug-likeness (QED) is 0.799. The Morgan fingerprint density at radius 2 is 2.11 bits per heavy atom. The molecule has 1 aromatic rings. The molecule has 0 saturated carbocycles. The number of nitrogens with one attached hydrogen (secondary N) is 1. The SMILES string of the molecule is CN(Cc1ncc[nH]1)C(=O)CC(C)(C)CC(=O)O. The van der Waals surface area contributed by atoms with Crippen molar-refractivity contribution in [3.63, 3.8) is 0 Å². The van der Waals surface area contributed by atoms with Crippen LogP contribution in [0.1, 0.15) is 32.5 Å². The summed E-state index contributed by atoms with van der Waals surface area (Å²) in [5.41, 5.74) is -0.541. The number of carbonyl (C=O) groups excluding carboxylic acids is 1. The summed E-state index contributed by atoms with van der Waals surface area (Å²) in [6, 6.07) is 0. The standard InChI is InChI=1S/C12H19N3O3/c1-12(2,7-11(17)18)6-10(16)15(3)8-9-13-4-5-14-9/h4-5H,6-8H2,1-3H3,(H,13,14)(H,17,18). The van der Waals surface area contributed by atoms with Crippen LogP contribution in [-0.4, -0.2) is 38.9 Å². The van der Waals surface area contributed by atoms with Crippen LogP contribution >= 0.6 is 0 Å². The van der Waals surface area contributed by atoms with Crippen LogP contribution in [0.4, 0.5) is 0 Å². The van der Waals surface area contributed by atoms with Crippen LogP contribution in [0.3, 0.4) is 0 Å². The first-order valence-electron chi connectivity index (χ1n) is 5.74. The molecule has 0 fully saturated rings. The van der Waals surface area contributed by atoms with Gasteiger partial charge in [-0.2, -0.15) is 0 Å². The second kappa shape index (κ2) is 5.66. The van der Waals surface area contributed by atoms with E-state index in [9.17, 15) is 9.59 Å². The second-order valence-electron chi connectivity index (χ2n) is 5.20. The van der Waals surface area contributed by atoms with Crippen molar-refractivity contribution in [1.82, 2.24) is 14.9 Å². The number of nitrogens with zero attached hydrogens (tertiary/aromatic N) is 2. The van der Waals surface area contributed by atoms with Gasteiger partial charge in [0, 0.05) is 25.9 Å². The van der Waals surface area contributed by atoms with Gasteiger partial charge in [-0.05, 0) is 5.41 Å². The molecule has 0 saturated heterocycles. The van der Waals surface area contributed by atoms with Gasteiger partial charge in [-0.25, -0.2) is 4.98 Å². The Balaban J connectivity index is 2.51. The van der Waals surface area contributed by atoms with Crippen LogP contribution in [0.2, 0.25) is 0 Å². The summed E-state index contributed by atoms with van der Waals surface area (Å²) in [5, 5.41) is 8.77. The number of carboxylic acid groups (broad SMARTS) is 1. The summed E-state index contributed by atoms with van der Waals surface area (Å²) >= 11 is 0. The molecule has 0 aliphatic rings. The average Bonchev–Trinajstić information content (AvgIpc) is 2.67. The van der Waals surface area contributed by atoms with Crippen LogP contribution < -0.4 is 0 Å². The third-order valence-electron chi connectivity index (χ3n) is 2.63. The Hall–Kier alpha value is -1.85. The maximum absolute atomic E-state index is 12.0. The minimum absolute atomic E-state index is 0.0205. The van der Waals surface area contributed by atoms with Crippen molar-refractivity contribution in [3.05, 3.63) is 18.2 Å². The average molecular weight is 253 g/mol. The molecule has 0 atom stereocenters. The zero-order valence-electron chi connectivity index (χ0n) is 10.9. The van der Waals surface area contributed by atoms with Crippen molar-refractivity contribution in [3.8, 4) is 0 Å². The van der Waals surface area contributed by atoms with Crippen molar-refractivity contribution in [2.24, 2.45) is 5.41 Å². The Kier molecular flexibility index (Phi) is 4.47. The van der Waals surface area contributed by atoms with Gasteiger partial charge in [0.2, 0.25) is 5.91 Å². The molecule has 18 heavy (non-hydrogen) atoms. The number of rotatable bonds is 6. The fourth-order valence-electron chi connectivity index (χ4n) is 1.71. The van der Waals surface area contributed by atoms with Crippen molar-refractivity contribution in [2.45, 2.75) is 33.2 Å². The van der Waals surface area contributed by atoms with Gasteiger partial charge in [0.1, 0.15) is 5.82 Å². The molecule has 0 bridgehead atoms. The molecule has 1 aromatic heterocycles. The Bertz CT molecular complexity index is 412. The van der Waals surface area contributed by atoms with Crippen LogP contribution in [0.5, 0.6) is 0 Å². The molecule has 2 N–H and O–H groups in total. The number of H-pyrrole nitrogens is 1. The highest BCUT2D eigenvalue weighted by molar-refractivity contribution is 5.77. The van der Waals surface area contributed by atoms with Gasteiger partial charge in [-0.15, -0.1) is 0 Å². The highest BCUT2D eigenvalue weighted by Gasteiger charge is 2.26. The van der Waals surface area contributed by atoms with Crippen molar-refractivity contribution in [1.29, 1.82) is 0 Å². The number of hydrogen-bond donors (Lipinski definition) is 2. The lowest BCUT2D eigenvalue weighted by atomic mass is 9.85. The zero-order chi connectivity index (χ0) is 13.8. The van der Waals surface area contributed by atoms with Crippen LogP contribution in [0.15, 0.2) is 12.4 Å². The van der Waals surface area contributed by atoms with E-state index in [1.807, 2.05) is 0 Å². The highest BCUT2D eigenvalue weighted by Crippen LogP contribution is 2.25. The van der Waals surface area contributed by atoms with Gasteiger partial charge in [0.05, 0.1) is 13.0 Å². The lowest BCUT2D eigenvalue weighted by Crippen LogP contribution is -2.32. The number of aromatic nitrogens is 2. The lowest BCUT2D eigenvalue weighted by molar-refractivity contribution is -0.140. The van der Waals surface area contributed by atoms with E-state index in [0.717, 1.165) is 0 Å². The van der Waals surface area contributed by atoms with Crippen LogP contribution in [0.25, 0.3) is 0 Å². The normalized spacial score (nSPS) is 11.3. The van der Waals surface area contributed by atoms with E-state index < -0.39 is 11.4 Å². The first-order valence-corrected chi connectivity index (χ1v) is 5.74. The first kappa shape index (κ1) is 14.2. The molecule has 6 nitrogen and oxygen atoms in total. The molecule has 0 aliphatic heterocycles. The van der Waals surface area contributed by atoms with E-state index in [1.165, 1.54) is 0 Å². The summed E-state index contributed by atoms with van der Waals surface area (Å²) in [4.78, 5) is 31.1. The van der Waals surface area contributed by atoms with E-state index >= 15 is 0 Å². The number of imidazole rings is 1. The Morgan fingerprint density at radius 1 is 1.44 bits per heavy atom. The fraction of sp³-hybridized carbons (Fsp3) is 0.583. The van der Waals surface area contributed by atoms with Crippen molar-refractivity contribution in [2.75, 3.05) is 7.05 Å². The Morgan fingerprint density at radius 3 is 2.61 bits per heavy atom. The molecular formula is C12H19N3O3. The summed E-state index contributed by atoms with van der Waals surface area (Å²) in [5.74, 6) is -0.263. The molecule has 6 heteroatoms. The highest BCUT2D eigenvalue weighted by atomic mass is 16.4. The first-order chi connectivity index (χ1) is 8.30. The molecule has 0 spiro atoms. The molecule has 0 aromatic carbocycles. The molecule has 1 heterocycles. The van der Waals surface area contributed by atoms with Gasteiger partial charge in [0.15, 0.2) is 0 Å². The second-order valence-corrected chi connectivity index (χ2v) is 5.20. The van der Waals surface area contributed by atoms with E-state index in [-0.39, 0.29) is 18.7 Å². The van der Waals surface area contributed by atoms with E-state index in [2.05, 4.69) is 9.97 Å². The maximum Gasteiger partial charge on any atom is 0.303 e. The number of hydrogen-bond acceptors (Lipinski definition) is 3. The molecule has 0 radical (unpaired) electrons. The number of carbonyl (C=O) groups is 2. The molecule has 0 aliphatic carbocycles. The van der Waals surface area contributed by atoms with Gasteiger partial charge in [-0.1, -0.05) is 13.8 Å². The molecule has 1 rings (SSSR count). The molecule has 0 unspecified atom stereocenters. The van der Waals surface area contributed by atoms with Crippen LogP contribution in [-0.2, 0) is 16.1 Å². The largest absolute Gasteiger partial charge is 0.481 e. The zero-order valence-corrected chi connectivity index (χ0v) is 10.9. The summed E-state index contributed by atoms with van der Waals surface area (Å²) in [7, 11) is 1.68.